The average Bonchev–Trinajstić information content (AvgIpc) is 3.48. The summed E-state index contributed by atoms with van der Waals surface area (Å²) in [5.74, 6) is -3.77. The number of carbonyl (C=O) groups excluding carboxylic acids is 3. The van der Waals surface area contributed by atoms with E-state index in [1.807, 2.05) is 0 Å². The summed E-state index contributed by atoms with van der Waals surface area (Å²) >= 11 is 2.24. The summed E-state index contributed by atoms with van der Waals surface area (Å²) in [4.78, 5) is 57.0. The van der Waals surface area contributed by atoms with Crippen LogP contribution in [0.3, 0.4) is 0 Å². The van der Waals surface area contributed by atoms with Gasteiger partial charge in [0.15, 0.2) is 10.8 Å². The van der Waals surface area contributed by atoms with Gasteiger partial charge in [0.1, 0.15) is 28.6 Å². The number of thioether (sulfide) groups is 1. The lowest BCUT2D eigenvalue weighted by Gasteiger charge is -2.49. The van der Waals surface area contributed by atoms with Crippen molar-refractivity contribution in [3.8, 4) is 0 Å². The van der Waals surface area contributed by atoms with Crippen LogP contribution in [0.5, 0.6) is 0 Å². The average molecular weight is 559 g/mol. The highest BCUT2D eigenvalue weighted by Crippen LogP contribution is 2.41. The molecule has 196 valence electrons. The van der Waals surface area contributed by atoms with E-state index in [4.69, 9.17) is 5.73 Å². The number of halogens is 1. The van der Waals surface area contributed by atoms with Gasteiger partial charge in [0, 0.05) is 23.3 Å². The number of hydrogen-bond donors (Lipinski definition) is 4. The van der Waals surface area contributed by atoms with Gasteiger partial charge in [-0.3, -0.25) is 19.3 Å². The number of thiazole rings is 1. The fraction of sp³-hybridized carbons (Fsp3) is 0.217. The molecule has 2 fully saturated rings. The molecule has 2 atom stereocenters. The van der Waals surface area contributed by atoms with Gasteiger partial charge in [0.05, 0.1) is 5.69 Å². The molecule has 0 aliphatic carbocycles. The lowest BCUT2D eigenvalue weighted by atomic mass is 10.0. The molecular formula is C23H19FN6O6S2. The van der Waals surface area contributed by atoms with Crippen LogP contribution >= 0.6 is 23.1 Å². The van der Waals surface area contributed by atoms with Gasteiger partial charge < -0.3 is 26.3 Å². The monoisotopic (exact) mass is 558 g/mol. The zero-order chi connectivity index (χ0) is 27.1. The number of aromatic nitrogens is 1. The molecule has 1 aromatic carbocycles. The first-order chi connectivity index (χ1) is 18.2. The van der Waals surface area contributed by atoms with Crippen LogP contribution in [-0.4, -0.2) is 73.3 Å². The van der Waals surface area contributed by atoms with E-state index in [0.29, 0.717) is 5.57 Å². The number of fused-ring (bicyclic) bond motifs is 1. The molecule has 0 unspecified atom stereocenters. The van der Waals surface area contributed by atoms with Gasteiger partial charge >= 0.3 is 5.97 Å². The molecule has 5 rings (SSSR count). The van der Waals surface area contributed by atoms with Gasteiger partial charge in [0.2, 0.25) is 0 Å². The van der Waals surface area contributed by atoms with Gasteiger partial charge in [-0.25, -0.2) is 14.2 Å². The van der Waals surface area contributed by atoms with Crippen LogP contribution < -0.4 is 16.0 Å². The van der Waals surface area contributed by atoms with Crippen LogP contribution in [0.25, 0.3) is 0 Å². The number of anilines is 2. The van der Waals surface area contributed by atoms with E-state index in [2.05, 4.69) is 15.5 Å². The van der Waals surface area contributed by atoms with Crippen molar-refractivity contribution in [2.45, 2.75) is 17.8 Å². The van der Waals surface area contributed by atoms with Crippen molar-refractivity contribution >= 4 is 63.3 Å². The summed E-state index contributed by atoms with van der Waals surface area (Å²) in [6, 6.07) is 4.79. The molecule has 4 heterocycles. The maximum absolute atomic E-state index is 14.2. The molecule has 38 heavy (non-hydrogen) atoms. The van der Waals surface area contributed by atoms with Crippen molar-refractivity contribution < 1.29 is 33.9 Å². The molecule has 0 spiro atoms. The van der Waals surface area contributed by atoms with Crippen molar-refractivity contribution in [1.82, 2.24) is 15.2 Å². The molecule has 3 amide bonds. The topological polar surface area (TPSA) is 179 Å². The number of nitrogens with two attached hydrogens (primary N) is 1. The summed E-state index contributed by atoms with van der Waals surface area (Å²) < 4.78 is 14.2. The first-order valence-corrected chi connectivity index (χ1v) is 13.1. The number of hydrogen-bond acceptors (Lipinski definition) is 10. The minimum atomic E-state index is -1.37. The number of rotatable bonds is 6. The largest absolute Gasteiger partial charge is 0.477 e. The Morgan fingerprint density at radius 2 is 2.05 bits per heavy atom. The number of para-hydroxylation sites is 1. The Labute approximate surface area is 222 Å². The Balaban J connectivity index is 1.36. The van der Waals surface area contributed by atoms with Gasteiger partial charge in [-0.05, 0) is 30.2 Å². The first kappa shape index (κ1) is 25.4. The number of carboxylic acid groups (broad SMARTS) is 1. The van der Waals surface area contributed by atoms with E-state index in [-0.39, 0.29) is 46.5 Å². The number of carboxylic acids is 1. The Bertz CT molecular complexity index is 1470. The van der Waals surface area contributed by atoms with E-state index in [1.165, 1.54) is 46.3 Å². The molecule has 0 radical (unpaired) electrons. The zero-order valence-corrected chi connectivity index (χ0v) is 21.0. The maximum Gasteiger partial charge on any atom is 0.352 e. The third-order valence-electron chi connectivity index (χ3n) is 6.18. The Hall–Kier alpha value is -4.24. The van der Waals surface area contributed by atoms with Crippen LogP contribution in [0.4, 0.5) is 15.2 Å². The second-order valence-electron chi connectivity index (χ2n) is 8.39. The minimum Gasteiger partial charge on any atom is -0.477 e. The van der Waals surface area contributed by atoms with Crippen molar-refractivity contribution in [3.05, 3.63) is 64.1 Å². The van der Waals surface area contributed by atoms with Crippen molar-refractivity contribution in [2.75, 3.05) is 22.9 Å². The molecule has 12 nitrogen and oxygen atoms in total. The van der Waals surface area contributed by atoms with Crippen LogP contribution in [-0.2, 0) is 19.2 Å². The number of aliphatic carboxylic acids is 1. The molecular weight excluding hydrogens is 539 g/mol. The summed E-state index contributed by atoms with van der Waals surface area (Å²) in [7, 11) is 0. The number of oxime groups is 1. The van der Waals surface area contributed by atoms with E-state index < -0.39 is 46.6 Å². The number of amides is 3. The summed E-state index contributed by atoms with van der Waals surface area (Å²) in [5, 5.41) is 25.4. The lowest BCUT2D eigenvalue weighted by molar-refractivity contribution is -0.150. The van der Waals surface area contributed by atoms with Gasteiger partial charge in [0.25, 0.3) is 17.7 Å². The number of carbonyl (C=O) groups is 4. The number of allylic oxidation sites excluding steroid dienone is 1. The predicted octanol–water partition coefficient (Wildman–Crippen LogP) is 1.14. The molecule has 2 aromatic rings. The second-order valence-corrected chi connectivity index (χ2v) is 10.4. The Kier molecular flexibility index (Phi) is 6.62. The SMILES string of the molecule is Nc1nc(/C(=N/O)C(=O)N[C@@H]2C(=O)N3C(C(=O)O)=C(/C=C4\CCN(c5ccccc5F)C4=O)CS[C@H]23)cs1. The van der Waals surface area contributed by atoms with Crippen molar-refractivity contribution in [1.29, 1.82) is 0 Å². The number of nitrogens with zero attached hydrogens (tertiary/aromatic N) is 4. The number of nitrogens with one attached hydrogen (secondary N) is 1. The molecule has 0 saturated carbocycles. The summed E-state index contributed by atoms with van der Waals surface area (Å²) in [5.41, 5.74) is 5.53. The van der Waals surface area contributed by atoms with Crippen LogP contribution in [0.1, 0.15) is 12.1 Å². The van der Waals surface area contributed by atoms with Crippen LogP contribution in [0.2, 0.25) is 0 Å². The Morgan fingerprint density at radius 1 is 1.29 bits per heavy atom. The predicted molar refractivity (Wildman–Crippen MR) is 136 cm³/mol. The Morgan fingerprint density at radius 3 is 2.71 bits per heavy atom. The fourth-order valence-electron chi connectivity index (χ4n) is 4.43. The molecule has 15 heteroatoms. The number of nitrogen functional groups attached to an aromatic ring is 1. The van der Waals surface area contributed by atoms with E-state index >= 15 is 0 Å². The first-order valence-electron chi connectivity index (χ1n) is 11.1. The second kappa shape index (κ2) is 9.90. The highest BCUT2D eigenvalue weighted by Gasteiger charge is 2.54. The fourth-order valence-corrected chi connectivity index (χ4v) is 6.29. The van der Waals surface area contributed by atoms with Gasteiger partial charge in [-0.2, -0.15) is 0 Å². The molecule has 1 aromatic heterocycles. The maximum atomic E-state index is 14.2. The summed E-state index contributed by atoms with van der Waals surface area (Å²) in [6.45, 7) is 0.229. The smallest absolute Gasteiger partial charge is 0.352 e. The normalized spacial score (nSPS) is 22.6. The standard InChI is InChI=1S/C23H19FN6O6S2/c24-12-3-1-2-4-14(12)29-6-5-10(19(29)32)7-11-8-37-21-16(20(33)30(21)17(11)22(34)35)27-18(31)15(28-36)13-9-38-23(25)26-13/h1-4,7,9,16,21,36H,5-6,8H2,(H2,25,26)(H,27,31)(H,34,35)/b10-7+,28-15-/t16-,21-/m1/s1. The van der Waals surface area contributed by atoms with E-state index in [1.54, 1.807) is 6.07 Å². The zero-order valence-electron chi connectivity index (χ0n) is 19.3. The van der Waals surface area contributed by atoms with E-state index in [9.17, 15) is 33.9 Å². The van der Waals surface area contributed by atoms with Crippen molar-refractivity contribution in [2.24, 2.45) is 5.16 Å². The molecule has 5 N–H and O–H groups in total. The quantitative estimate of drug-likeness (QED) is 0.133. The molecule has 3 aliphatic heterocycles. The van der Waals surface area contributed by atoms with Gasteiger partial charge in [-0.1, -0.05) is 17.3 Å². The lowest BCUT2D eigenvalue weighted by Crippen LogP contribution is -2.71. The van der Waals surface area contributed by atoms with Crippen LogP contribution in [0, 0.1) is 5.82 Å². The minimum absolute atomic E-state index is 0.0260. The van der Waals surface area contributed by atoms with Crippen molar-refractivity contribution in [3.63, 3.8) is 0 Å². The highest BCUT2D eigenvalue weighted by atomic mass is 32.2. The molecule has 2 saturated heterocycles. The third-order valence-corrected chi connectivity index (χ3v) is 8.16. The van der Waals surface area contributed by atoms with Gasteiger partial charge in [-0.15, -0.1) is 23.1 Å². The molecule has 0 bridgehead atoms. The van der Waals surface area contributed by atoms with Crippen LogP contribution in [0.15, 0.2) is 57.7 Å². The number of benzene rings is 1. The summed E-state index contributed by atoms with van der Waals surface area (Å²) in [6.07, 6.45) is 1.72. The highest BCUT2D eigenvalue weighted by molar-refractivity contribution is 8.00. The number of β-lactam (4-membered cyclic amide) rings is 1. The third kappa shape index (κ3) is 4.28. The molecule has 3 aliphatic rings. The van der Waals surface area contributed by atoms with E-state index in [0.717, 1.165) is 16.2 Å².